The summed E-state index contributed by atoms with van der Waals surface area (Å²) < 4.78 is 5.53. The Morgan fingerprint density at radius 1 is 1.57 bits per heavy atom. The Kier molecular flexibility index (Phi) is 6.87. The van der Waals surface area contributed by atoms with Crippen LogP contribution >= 0.6 is 11.3 Å². The number of allylic oxidation sites excluding steroid dienone is 1. The van der Waals surface area contributed by atoms with Gasteiger partial charge in [-0.2, -0.15) is 0 Å². The molecule has 0 aliphatic rings. The molecule has 0 atom stereocenters. The largest absolute Gasteiger partial charge is 0.443 e. The maximum absolute atomic E-state index is 5.53. The Labute approximate surface area is 141 Å². The molecule has 0 radical (unpaired) electrons. The van der Waals surface area contributed by atoms with Crippen LogP contribution in [0.2, 0.25) is 0 Å². The third kappa shape index (κ3) is 5.25. The number of nitrogens with zero attached hydrogens (tertiary/aromatic N) is 3. The van der Waals surface area contributed by atoms with Crippen molar-refractivity contribution in [2.45, 2.75) is 26.3 Å². The van der Waals surface area contributed by atoms with E-state index in [9.17, 15) is 0 Å². The fourth-order valence-electron chi connectivity index (χ4n) is 2.10. The zero-order valence-corrected chi connectivity index (χ0v) is 14.6. The Bertz CT molecular complexity index is 618. The van der Waals surface area contributed by atoms with Crippen LogP contribution in [-0.2, 0) is 6.54 Å². The molecule has 0 aromatic carbocycles. The van der Waals surface area contributed by atoms with Gasteiger partial charge in [0.15, 0.2) is 5.96 Å². The highest BCUT2D eigenvalue weighted by atomic mass is 32.1. The van der Waals surface area contributed by atoms with Crippen molar-refractivity contribution < 1.29 is 4.42 Å². The lowest BCUT2D eigenvalue weighted by molar-refractivity contribution is 0.470. The van der Waals surface area contributed by atoms with Crippen LogP contribution in [0, 0.1) is 0 Å². The fraction of sp³-hybridized carbons (Fsp3) is 0.412. The van der Waals surface area contributed by atoms with Crippen LogP contribution in [-0.4, -0.2) is 36.0 Å². The van der Waals surface area contributed by atoms with E-state index in [0.717, 1.165) is 42.5 Å². The first kappa shape index (κ1) is 17.3. The van der Waals surface area contributed by atoms with E-state index >= 15 is 0 Å². The number of aliphatic imine (C=N–C) groups is 1. The van der Waals surface area contributed by atoms with Crippen molar-refractivity contribution in [1.82, 2.24) is 15.2 Å². The molecule has 2 aromatic rings. The summed E-state index contributed by atoms with van der Waals surface area (Å²) in [7, 11) is 2.05. The van der Waals surface area contributed by atoms with Crippen molar-refractivity contribution in [3.63, 3.8) is 0 Å². The minimum atomic E-state index is 0.503. The second kappa shape index (κ2) is 9.15. The predicted molar refractivity (Wildman–Crippen MR) is 96.7 cm³/mol. The number of aromatic nitrogens is 1. The molecule has 1 N–H and O–H groups in total. The van der Waals surface area contributed by atoms with Crippen molar-refractivity contribution in [3.05, 3.63) is 42.1 Å². The van der Waals surface area contributed by atoms with Gasteiger partial charge in [-0.15, -0.1) is 17.9 Å². The average molecular weight is 332 g/mol. The zero-order valence-electron chi connectivity index (χ0n) is 13.8. The van der Waals surface area contributed by atoms with E-state index in [-0.39, 0.29) is 0 Å². The van der Waals surface area contributed by atoms with Gasteiger partial charge in [0.1, 0.15) is 12.0 Å². The molecule has 0 saturated carbocycles. The van der Waals surface area contributed by atoms with Gasteiger partial charge >= 0.3 is 0 Å². The molecule has 0 aliphatic heterocycles. The molecule has 0 amide bonds. The molecular formula is C17H24N4OS. The molecule has 0 aliphatic carbocycles. The molecule has 2 aromatic heterocycles. The summed E-state index contributed by atoms with van der Waals surface area (Å²) in [6.07, 6.45) is 5.70. The minimum absolute atomic E-state index is 0.503. The van der Waals surface area contributed by atoms with Gasteiger partial charge in [0, 0.05) is 20.1 Å². The van der Waals surface area contributed by atoms with Crippen LogP contribution in [0.15, 0.2) is 45.8 Å². The van der Waals surface area contributed by atoms with Gasteiger partial charge in [-0.05, 0) is 31.2 Å². The van der Waals surface area contributed by atoms with Gasteiger partial charge in [-0.3, -0.25) is 0 Å². The highest BCUT2D eigenvalue weighted by Gasteiger charge is 2.09. The molecule has 2 rings (SSSR count). The maximum atomic E-state index is 5.53. The van der Waals surface area contributed by atoms with Gasteiger partial charge in [0.2, 0.25) is 5.89 Å². The van der Waals surface area contributed by atoms with E-state index in [4.69, 9.17) is 4.42 Å². The number of oxazole rings is 1. The molecule has 2 heterocycles. The van der Waals surface area contributed by atoms with Crippen molar-refractivity contribution in [3.8, 4) is 10.8 Å². The van der Waals surface area contributed by atoms with Crippen molar-refractivity contribution in [2.24, 2.45) is 4.99 Å². The second-order valence-electron chi connectivity index (χ2n) is 5.14. The molecule has 6 heteroatoms. The highest BCUT2D eigenvalue weighted by Crippen LogP contribution is 2.23. The highest BCUT2D eigenvalue weighted by molar-refractivity contribution is 7.13. The second-order valence-corrected chi connectivity index (χ2v) is 6.09. The van der Waals surface area contributed by atoms with Crippen LogP contribution in [0.3, 0.4) is 0 Å². The number of thiophene rings is 1. The molecule has 0 unspecified atom stereocenters. The van der Waals surface area contributed by atoms with E-state index in [1.54, 1.807) is 17.6 Å². The lowest BCUT2D eigenvalue weighted by atomic mass is 10.3. The summed E-state index contributed by atoms with van der Waals surface area (Å²) in [6, 6.07) is 3.99. The Morgan fingerprint density at radius 2 is 2.43 bits per heavy atom. The standard InChI is InChI=1S/C17H24N4OS/c1-4-6-7-10-21(3)17(18-5-2)19-12-14-13-22-16(20-14)15-9-8-11-23-15/h4,8-9,11,13H,1,5-7,10,12H2,2-3H3,(H,18,19). The SMILES string of the molecule is C=CCCCN(C)C(=NCc1coc(-c2cccs2)n1)NCC. The van der Waals surface area contributed by atoms with Crippen LogP contribution in [0.4, 0.5) is 0 Å². The Hall–Kier alpha value is -2.08. The summed E-state index contributed by atoms with van der Waals surface area (Å²) in [5.41, 5.74) is 0.836. The third-order valence-electron chi connectivity index (χ3n) is 3.27. The van der Waals surface area contributed by atoms with Gasteiger partial charge in [0.05, 0.1) is 11.4 Å². The van der Waals surface area contributed by atoms with Crippen LogP contribution in [0.5, 0.6) is 0 Å². The Morgan fingerprint density at radius 3 is 3.13 bits per heavy atom. The lowest BCUT2D eigenvalue weighted by Gasteiger charge is -2.21. The summed E-state index contributed by atoms with van der Waals surface area (Å²) in [5, 5.41) is 5.32. The fourth-order valence-corrected chi connectivity index (χ4v) is 2.75. The molecule has 23 heavy (non-hydrogen) atoms. The summed E-state index contributed by atoms with van der Waals surface area (Å²) in [5.74, 6) is 1.55. The first-order chi connectivity index (χ1) is 11.2. The normalized spacial score (nSPS) is 11.5. The smallest absolute Gasteiger partial charge is 0.236 e. The van der Waals surface area contributed by atoms with Crippen LogP contribution in [0.1, 0.15) is 25.5 Å². The molecule has 0 fully saturated rings. The lowest BCUT2D eigenvalue weighted by Crippen LogP contribution is -2.39. The number of unbranched alkanes of at least 4 members (excludes halogenated alkanes) is 1. The summed E-state index contributed by atoms with van der Waals surface area (Å²) >= 11 is 1.62. The monoisotopic (exact) mass is 332 g/mol. The topological polar surface area (TPSA) is 53.7 Å². The molecule has 0 bridgehead atoms. The van der Waals surface area contributed by atoms with E-state index in [2.05, 4.69) is 33.7 Å². The van der Waals surface area contributed by atoms with E-state index in [1.165, 1.54) is 0 Å². The van der Waals surface area contributed by atoms with E-state index in [1.807, 2.05) is 30.6 Å². The van der Waals surface area contributed by atoms with Crippen LogP contribution < -0.4 is 5.32 Å². The number of hydrogen-bond donors (Lipinski definition) is 1. The van der Waals surface area contributed by atoms with Gasteiger partial charge in [-0.1, -0.05) is 12.1 Å². The predicted octanol–water partition coefficient (Wildman–Crippen LogP) is 3.77. The average Bonchev–Trinajstić information content (AvgIpc) is 3.22. The van der Waals surface area contributed by atoms with Crippen molar-refractivity contribution in [1.29, 1.82) is 0 Å². The van der Waals surface area contributed by atoms with Crippen molar-refractivity contribution in [2.75, 3.05) is 20.1 Å². The first-order valence-electron chi connectivity index (χ1n) is 7.83. The molecule has 0 spiro atoms. The first-order valence-corrected chi connectivity index (χ1v) is 8.71. The molecular weight excluding hydrogens is 308 g/mol. The molecule has 0 saturated heterocycles. The van der Waals surface area contributed by atoms with E-state index in [0.29, 0.717) is 12.4 Å². The molecule has 124 valence electrons. The number of hydrogen-bond acceptors (Lipinski definition) is 4. The number of nitrogens with one attached hydrogen (secondary N) is 1. The number of guanidine groups is 1. The van der Waals surface area contributed by atoms with Gasteiger partial charge in [0.25, 0.3) is 0 Å². The summed E-state index contributed by atoms with van der Waals surface area (Å²) in [4.78, 5) is 12.3. The zero-order chi connectivity index (χ0) is 16.5. The molecule has 5 nitrogen and oxygen atoms in total. The summed E-state index contributed by atoms with van der Waals surface area (Å²) in [6.45, 7) is 8.11. The van der Waals surface area contributed by atoms with Crippen LogP contribution in [0.25, 0.3) is 10.8 Å². The maximum Gasteiger partial charge on any atom is 0.236 e. The number of rotatable bonds is 8. The Balaban J connectivity index is 1.98. The third-order valence-corrected chi connectivity index (χ3v) is 4.13. The van der Waals surface area contributed by atoms with Gasteiger partial charge < -0.3 is 14.6 Å². The van der Waals surface area contributed by atoms with Crippen molar-refractivity contribution >= 4 is 17.3 Å². The minimum Gasteiger partial charge on any atom is -0.443 e. The quantitative estimate of drug-likeness (QED) is 0.346. The van der Waals surface area contributed by atoms with E-state index < -0.39 is 0 Å². The van der Waals surface area contributed by atoms with Gasteiger partial charge in [-0.25, -0.2) is 9.98 Å².